The number of hydrogen-bond donors (Lipinski definition) is 1. The van der Waals surface area contributed by atoms with E-state index in [1.165, 1.54) is 11.1 Å². The molecular weight excluding hydrogens is 527 g/mol. The Kier molecular flexibility index (Phi) is 7.87. The number of aryl methyl sites for hydroxylation is 1. The van der Waals surface area contributed by atoms with Crippen LogP contribution in [0.3, 0.4) is 0 Å². The van der Waals surface area contributed by atoms with Crippen LogP contribution in [0.25, 0.3) is 5.65 Å². The Morgan fingerprint density at radius 1 is 1.18 bits per heavy atom. The number of benzene rings is 1. The zero-order chi connectivity index (χ0) is 21.9. The van der Waals surface area contributed by atoms with Crippen LogP contribution in [0.4, 0.5) is 0 Å². The van der Waals surface area contributed by atoms with Gasteiger partial charge in [0.15, 0.2) is 5.96 Å². The minimum Gasteiger partial charge on any atom is -0.373 e. The summed E-state index contributed by atoms with van der Waals surface area (Å²) in [7, 11) is 1.86. The molecule has 2 unspecified atom stereocenters. The highest BCUT2D eigenvalue weighted by atomic mass is 127. The Bertz CT molecular complexity index is 1080. The minimum atomic E-state index is 0. The zero-order valence-corrected chi connectivity index (χ0v) is 21.7. The van der Waals surface area contributed by atoms with Crippen molar-refractivity contribution >= 4 is 35.6 Å². The molecule has 0 amide bonds. The number of nitrogens with one attached hydrogen (secondary N) is 1. The predicted molar refractivity (Wildman–Crippen MR) is 142 cm³/mol. The highest BCUT2D eigenvalue weighted by molar-refractivity contribution is 14.0. The highest BCUT2D eigenvalue weighted by Crippen LogP contribution is 2.24. The molecule has 3 aromatic rings. The van der Waals surface area contributed by atoms with E-state index in [0.29, 0.717) is 6.04 Å². The average molecular weight is 560 g/mol. The molecule has 0 spiro atoms. The molecule has 7 nitrogen and oxygen atoms in total. The molecule has 5 rings (SSSR count). The lowest BCUT2D eigenvalue weighted by molar-refractivity contribution is -0.0502. The van der Waals surface area contributed by atoms with Crippen LogP contribution in [0.2, 0.25) is 0 Å². The second-order valence-corrected chi connectivity index (χ2v) is 8.72. The Morgan fingerprint density at radius 3 is 2.82 bits per heavy atom. The Labute approximate surface area is 212 Å². The number of pyridine rings is 1. The van der Waals surface area contributed by atoms with Gasteiger partial charge in [0.25, 0.3) is 0 Å². The first kappa shape index (κ1) is 24.0. The lowest BCUT2D eigenvalue weighted by Gasteiger charge is -2.36. The maximum absolute atomic E-state index is 6.13. The number of likely N-dealkylation sites (tertiary alicyclic amines) is 1. The molecule has 4 heterocycles. The summed E-state index contributed by atoms with van der Waals surface area (Å²) >= 11 is 0. The first-order valence-corrected chi connectivity index (χ1v) is 11.5. The van der Waals surface area contributed by atoms with Crippen molar-refractivity contribution in [2.45, 2.75) is 32.0 Å². The number of aromatic nitrogens is 2. The maximum Gasteiger partial charge on any atom is 0.193 e. The van der Waals surface area contributed by atoms with Gasteiger partial charge in [-0.05, 0) is 24.1 Å². The van der Waals surface area contributed by atoms with Gasteiger partial charge in [0.05, 0.1) is 24.4 Å². The van der Waals surface area contributed by atoms with Crippen molar-refractivity contribution in [1.29, 1.82) is 0 Å². The molecule has 2 aromatic heterocycles. The number of rotatable bonds is 5. The fourth-order valence-electron chi connectivity index (χ4n) is 4.91. The maximum atomic E-state index is 6.13. The number of nitrogens with zero attached hydrogens (tertiary/aromatic N) is 5. The van der Waals surface area contributed by atoms with Crippen molar-refractivity contribution in [3.8, 4) is 0 Å². The first-order chi connectivity index (χ1) is 15.7. The molecule has 1 N–H and O–H groups in total. The second-order valence-electron chi connectivity index (χ2n) is 8.72. The van der Waals surface area contributed by atoms with Crippen molar-refractivity contribution < 1.29 is 4.74 Å². The van der Waals surface area contributed by atoms with Gasteiger partial charge >= 0.3 is 0 Å². The van der Waals surface area contributed by atoms with Gasteiger partial charge in [-0.25, -0.2) is 4.98 Å². The topological polar surface area (TPSA) is 57.4 Å². The third-order valence-electron chi connectivity index (χ3n) is 6.55. The molecule has 2 fully saturated rings. The largest absolute Gasteiger partial charge is 0.373 e. The molecule has 0 radical (unpaired) electrons. The van der Waals surface area contributed by atoms with Gasteiger partial charge in [-0.3, -0.25) is 9.89 Å². The lowest BCUT2D eigenvalue weighted by atomic mass is 10.1. The fraction of sp³-hybridized carbons (Fsp3) is 0.440. The second kappa shape index (κ2) is 10.8. The number of ether oxygens (including phenoxy) is 1. The van der Waals surface area contributed by atoms with Crippen molar-refractivity contribution in [1.82, 2.24) is 24.5 Å². The van der Waals surface area contributed by atoms with Gasteiger partial charge in [-0.15, -0.1) is 24.0 Å². The minimum absolute atomic E-state index is 0. The molecule has 0 bridgehead atoms. The Morgan fingerprint density at radius 2 is 2.03 bits per heavy atom. The molecule has 8 heteroatoms. The Balaban J connectivity index is 0.00000259. The summed E-state index contributed by atoms with van der Waals surface area (Å²) in [4.78, 5) is 14.2. The van der Waals surface area contributed by atoms with E-state index in [2.05, 4.69) is 86.3 Å². The third kappa shape index (κ3) is 5.33. The molecule has 1 aromatic carbocycles. The summed E-state index contributed by atoms with van der Waals surface area (Å²) in [6.07, 6.45) is 5.26. The van der Waals surface area contributed by atoms with Crippen molar-refractivity contribution in [2.24, 2.45) is 4.99 Å². The number of imidazole rings is 1. The summed E-state index contributed by atoms with van der Waals surface area (Å²) in [5.41, 5.74) is 4.68. The summed E-state index contributed by atoms with van der Waals surface area (Å²) in [5.74, 6) is 0.947. The quantitative estimate of drug-likeness (QED) is 0.296. The van der Waals surface area contributed by atoms with E-state index in [1.54, 1.807) is 0 Å². The number of fused-ring (bicyclic) bond motifs is 2. The van der Waals surface area contributed by atoms with Gasteiger partial charge in [0.1, 0.15) is 5.65 Å². The fourth-order valence-corrected chi connectivity index (χ4v) is 4.91. The molecule has 2 aliphatic heterocycles. The Hall–Kier alpha value is -2.17. The van der Waals surface area contributed by atoms with Crippen LogP contribution in [0.5, 0.6) is 0 Å². The van der Waals surface area contributed by atoms with E-state index in [1.807, 2.05) is 7.05 Å². The third-order valence-corrected chi connectivity index (χ3v) is 6.55. The standard InChI is InChI=1S/C25H32N6O.HI/c1-19-7-6-12-30-16-21(28-24(19)30)10-11-27-25(26-2)31-17-22-23(18-31)32-14-13-29(22)15-20-8-4-3-5-9-20;/h3-9,12,16,22-23H,10-11,13-15,17-18H2,1-2H3,(H,26,27);1H. The number of hydrogen-bond acceptors (Lipinski definition) is 4. The van der Waals surface area contributed by atoms with Gasteiger partial charge in [0.2, 0.25) is 0 Å². The smallest absolute Gasteiger partial charge is 0.193 e. The van der Waals surface area contributed by atoms with E-state index in [9.17, 15) is 0 Å². The van der Waals surface area contributed by atoms with Gasteiger partial charge in [-0.2, -0.15) is 0 Å². The molecule has 2 atom stereocenters. The normalized spacial score (nSPS) is 21.2. The first-order valence-electron chi connectivity index (χ1n) is 11.5. The predicted octanol–water partition coefficient (Wildman–Crippen LogP) is 2.96. The monoisotopic (exact) mass is 560 g/mol. The average Bonchev–Trinajstić information content (AvgIpc) is 3.43. The molecular formula is C25H33IN6O. The molecule has 33 heavy (non-hydrogen) atoms. The van der Waals surface area contributed by atoms with Crippen LogP contribution >= 0.6 is 24.0 Å². The molecule has 2 saturated heterocycles. The zero-order valence-electron chi connectivity index (χ0n) is 19.4. The van der Waals surface area contributed by atoms with E-state index in [-0.39, 0.29) is 30.1 Å². The highest BCUT2D eigenvalue weighted by Gasteiger charge is 2.41. The molecule has 176 valence electrons. The number of aliphatic imine (C=N–C) groups is 1. The van der Waals surface area contributed by atoms with E-state index in [4.69, 9.17) is 9.72 Å². The van der Waals surface area contributed by atoms with Gasteiger partial charge in [-0.1, -0.05) is 36.4 Å². The summed E-state index contributed by atoms with van der Waals surface area (Å²) in [6, 6.07) is 15.3. The molecule has 0 saturated carbocycles. The van der Waals surface area contributed by atoms with Crippen molar-refractivity contribution in [3.05, 3.63) is 71.7 Å². The van der Waals surface area contributed by atoms with Crippen LogP contribution in [0.1, 0.15) is 16.8 Å². The number of guanidine groups is 1. The van der Waals surface area contributed by atoms with Crippen molar-refractivity contribution in [3.63, 3.8) is 0 Å². The van der Waals surface area contributed by atoms with E-state index < -0.39 is 0 Å². The van der Waals surface area contributed by atoms with Gasteiger partial charge < -0.3 is 19.4 Å². The van der Waals surface area contributed by atoms with Crippen LogP contribution in [0.15, 0.2) is 59.9 Å². The number of morpholine rings is 1. The van der Waals surface area contributed by atoms with Crippen molar-refractivity contribution in [2.75, 3.05) is 39.8 Å². The summed E-state index contributed by atoms with van der Waals surface area (Å²) < 4.78 is 8.24. The molecule has 0 aliphatic carbocycles. The molecule has 2 aliphatic rings. The summed E-state index contributed by atoms with van der Waals surface area (Å²) in [6.45, 7) is 7.45. The van der Waals surface area contributed by atoms with Crippen LogP contribution in [-0.2, 0) is 17.7 Å². The lowest BCUT2D eigenvalue weighted by Crippen LogP contribution is -2.50. The SMILES string of the molecule is CN=C(NCCc1cn2cccc(C)c2n1)N1CC2OCCN(Cc3ccccc3)C2C1.I. The van der Waals surface area contributed by atoms with Crippen LogP contribution < -0.4 is 5.32 Å². The van der Waals surface area contributed by atoms with Gasteiger partial charge in [0, 0.05) is 58.6 Å². The number of halogens is 1. The van der Waals surface area contributed by atoms with E-state index in [0.717, 1.165) is 63.1 Å². The van der Waals surface area contributed by atoms with E-state index >= 15 is 0 Å². The summed E-state index contributed by atoms with van der Waals surface area (Å²) in [5, 5.41) is 3.55. The van der Waals surface area contributed by atoms with Crippen LogP contribution in [-0.4, -0.2) is 77.1 Å². The van der Waals surface area contributed by atoms with Crippen LogP contribution in [0, 0.1) is 6.92 Å².